The molecule has 0 saturated carbocycles. The molecule has 1 N–H and O–H groups in total. The molecule has 0 saturated heterocycles. The lowest BCUT2D eigenvalue weighted by molar-refractivity contribution is -0.143. The molecule has 0 aliphatic rings. The van der Waals surface area contributed by atoms with Gasteiger partial charge in [0.2, 0.25) is 0 Å². The molecule has 30 heavy (non-hydrogen) atoms. The maximum Gasteiger partial charge on any atom is 0.434 e. The normalized spacial score (nSPS) is 11.2. The van der Waals surface area contributed by atoms with Crippen LogP contribution in [0, 0.1) is 6.92 Å². The summed E-state index contributed by atoms with van der Waals surface area (Å²) in [7, 11) is 0. The minimum atomic E-state index is -4.83. The maximum atomic E-state index is 13.7. The Labute approximate surface area is 170 Å². The van der Waals surface area contributed by atoms with E-state index in [1.165, 1.54) is 12.1 Å². The number of carbonyl (C=O) groups is 2. The number of nitrogens with one attached hydrogen (secondary N) is 1. The van der Waals surface area contributed by atoms with E-state index in [2.05, 4.69) is 10.4 Å². The van der Waals surface area contributed by atoms with Crippen LogP contribution in [0.3, 0.4) is 0 Å². The average molecular weight is 417 g/mol. The monoisotopic (exact) mass is 417 g/mol. The summed E-state index contributed by atoms with van der Waals surface area (Å²) < 4.78 is 46.7. The number of aryl methyl sites for hydroxylation is 1. The number of esters is 1. The molecule has 0 spiro atoms. The van der Waals surface area contributed by atoms with E-state index in [0.717, 1.165) is 17.3 Å². The van der Waals surface area contributed by atoms with Crippen molar-refractivity contribution in [2.75, 3.05) is 6.54 Å². The fraction of sp³-hybridized carbons (Fsp3) is 0.190. The summed E-state index contributed by atoms with van der Waals surface area (Å²) in [6.45, 7) is 1.15. The van der Waals surface area contributed by atoms with Crippen LogP contribution < -0.4 is 5.32 Å². The molecule has 0 aliphatic carbocycles. The zero-order valence-electron chi connectivity index (χ0n) is 15.9. The number of alkyl halides is 3. The zero-order valence-corrected chi connectivity index (χ0v) is 15.9. The number of aromatic nitrogens is 2. The Morgan fingerprint density at radius 2 is 1.83 bits per heavy atom. The highest BCUT2D eigenvalue weighted by Crippen LogP contribution is 2.33. The van der Waals surface area contributed by atoms with Gasteiger partial charge in [-0.3, -0.25) is 9.59 Å². The van der Waals surface area contributed by atoms with Crippen LogP contribution in [-0.4, -0.2) is 28.2 Å². The molecule has 0 atom stereocenters. The molecular formula is C21H18F3N3O3. The summed E-state index contributed by atoms with van der Waals surface area (Å²) in [4.78, 5) is 24.1. The highest BCUT2D eigenvalue weighted by atomic mass is 19.4. The molecule has 6 nitrogen and oxygen atoms in total. The molecule has 1 heterocycles. The molecule has 9 heteroatoms. The molecule has 0 radical (unpaired) electrons. The Bertz CT molecular complexity index is 1050. The van der Waals surface area contributed by atoms with Gasteiger partial charge in [0, 0.05) is 0 Å². The minimum Gasteiger partial charge on any atom is -0.460 e. The van der Waals surface area contributed by atoms with E-state index in [-0.39, 0.29) is 12.3 Å². The summed E-state index contributed by atoms with van der Waals surface area (Å²) >= 11 is 0. The number of benzene rings is 2. The smallest absolute Gasteiger partial charge is 0.434 e. The van der Waals surface area contributed by atoms with Crippen molar-refractivity contribution in [3.63, 3.8) is 0 Å². The van der Waals surface area contributed by atoms with E-state index in [1.54, 1.807) is 49.4 Å². The van der Waals surface area contributed by atoms with Crippen molar-refractivity contribution in [3.8, 4) is 5.69 Å². The largest absolute Gasteiger partial charge is 0.460 e. The molecule has 2 aromatic carbocycles. The van der Waals surface area contributed by atoms with Crippen molar-refractivity contribution >= 4 is 11.9 Å². The van der Waals surface area contributed by atoms with Gasteiger partial charge in [-0.05, 0) is 30.2 Å². The second-order valence-corrected chi connectivity index (χ2v) is 6.48. The van der Waals surface area contributed by atoms with E-state index in [0.29, 0.717) is 4.68 Å². The number of hydrogen-bond donors (Lipinski definition) is 1. The second-order valence-electron chi connectivity index (χ2n) is 6.48. The van der Waals surface area contributed by atoms with Gasteiger partial charge in [0.05, 0.1) is 17.4 Å². The minimum absolute atomic E-state index is 0.00532. The van der Waals surface area contributed by atoms with Crippen LogP contribution in [0.1, 0.15) is 27.2 Å². The number of hydrogen-bond acceptors (Lipinski definition) is 4. The average Bonchev–Trinajstić information content (AvgIpc) is 3.17. The topological polar surface area (TPSA) is 73.2 Å². The summed E-state index contributed by atoms with van der Waals surface area (Å²) in [6.07, 6.45) is -4.00. The van der Waals surface area contributed by atoms with Crippen molar-refractivity contribution in [3.05, 3.63) is 83.2 Å². The van der Waals surface area contributed by atoms with Crippen molar-refractivity contribution < 1.29 is 27.5 Å². The first-order valence-electron chi connectivity index (χ1n) is 8.95. The molecule has 0 unspecified atom stereocenters. The van der Waals surface area contributed by atoms with E-state index < -0.39 is 35.9 Å². The van der Waals surface area contributed by atoms with Gasteiger partial charge in [0.15, 0.2) is 5.69 Å². The van der Waals surface area contributed by atoms with Gasteiger partial charge < -0.3 is 10.1 Å². The van der Waals surface area contributed by atoms with E-state index in [4.69, 9.17) is 4.74 Å². The summed E-state index contributed by atoms with van der Waals surface area (Å²) in [6, 6.07) is 15.2. The Kier molecular flexibility index (Phi) is 6.20. The van der Waals surface area contributed by atoms with E-state index in [9.17, 15) is 22.8 Å². The van der Waals surface area contributed by atoms with Gasteiger partial charge >= 0.3 is 12.1 Å². The quantitative estimate of drug-likeness (QED) is 0.621. The van der Waals surface area contributed by atoms with Gasteiger partial charge in [-0.25, -0.2) is 4.68 Å². The van der Waals surface area contributed by atoms with Crippen molar-refractivity contribution in [2.24, 2.45) is 0 Å². The maximum absolute atomic E-state index is 13.7. The fourth-order valence-corrected chi connectivity index (χ4v) is 2.78. The van der Waals surface area contributed by atoms with Crippen LogP contribution in [0.2, 0.25) is 0 Å². The van der Waals surface area contributed by atoms with Gasteiger partial charge in [0.1, 0.15) is 13.2 Å². The SMILES string of the molecule is Cc1cccc(-n2ncc(C(=O)NCC(=O)OCc3ccccc3)c2C(F)(F)F)c1. The van der Waals surface area contributed by atoms with Gasteiger partial charge in [-0.1, -0.05) is 42.5 Å². The third-order valence-electron chi connectivity index (χ3n) is 4.16. The van der Waals surface area contributed by atoms with Crippen LogP contribution >= 0.6 is 0 Å². The Morgan fingerprint density at radius 1 is 1.10 bits per heavy atom. The van der Waals surface area contributed by atoms with Gasteiger partial charge in [-0.2, -0.15) is 18.3 Å². The Morgan fingerprint density at radius 3 is 2.50 bits per heavy atom. The number of carbonyl (C=O) groups excluding carboxylic acids is 2. The third-order valence-corrected chi connectivity index (χ3v) is 4.16. The van der Waals surface area contributed by atoms with E-state index >= 15 is 0 Å². The van der Waals surface area contributed by atoms with Gasteiger partial charge in [0.25, 0.3) is 5.91 Å². The first-order valence-corrected chi connectivity index (χ1v) is 8.95. The van der Waals surface area contributed by atoms with E-state index in [1.807, 2.05) is 0 Å². The predicted octanol–water partition coefficient (Wildman–Crippen LogP) is 3.67. The molecule has 1 aromatic heterocycles. The lowest BCUT2D eigenvalue weighted by Crippen LogP contribution is -2.32. The molecule has 156 valence electrons. The Hall–Kier alpha value is -3.62. The van der Waals surface area contributed by atoms with Crippen LogP contribution in [0.15, 0.2) is 60.8 Å². The first kappa shape index (κ1) is 21.1. The summed E-state index contributed by atoms with van der Waals surface area (Å²) in [5.74, 6) is -1.84. The third kappa shape index (κ3) is 5.05. The van der Waals surface area contributed by atoms with Crippen LogP contribution in [0.25, 0.3) is 5.69 Å². The van der Waals surface area contributed by atoms with Crippen LogP contribution in [-0.2, 0) is 22.3 Å². The van der Waals surface area contributed by atoms with Crippen LogP contribution in [0.5, 0.6) is 0 Å². The Balaban J connectivity index is 1.72. The molecule has 3 rings (SSSR count). The number of rotatable bonds is 6. The number of halogens is 3. The first-order chi connectivity index (χ1) is 14.3. The highest BCUT2D eigenvalue weighted by Gasteiger charge is 2.40. The molecule has 0 bridgehead atoms. The molecule has 0 aliphatic heterocycles. The zero-order chi connectivity index (χ0) is 21.7. The lowest BCUT2D eigenvalue weighted by atomic mass is 10.2. The number of nitrogens with zero attached hydrogens (tertiary/aromatic N) is 2. The van der Waals surface area contributed by atoms with Crippen molar-refractivity contribution in [1.29, 1.82) is 0 Å². The van der Waals surface area contributed by atoms with Gasteiger partial charge in [-0.15, -0.1) is 0 Å². The van der Waals surface area contributed by atoms with Crippen LogP contribution in [0.4, 0.5) is 13.2 Å². The fourth-order valence-electron chi connectivity index (χ4n) is 2.78. The lowest BCUT2D eigenvalue weighted by Gasteiger charge is -2.13. The summed E-state index contributed by atoms with van der Waals surface area (Å²) in [5, 5.41) is 5.89. The standard InChI is InChI=1S/C21H18F3N3O3/c1-14-6-5-9-16(10-14)27-19(21(22,23)24)17(11-26-27)20(29)25-12-18(28)30-13-15-7-3-2-4-8-15/h2-11H,12-13H2,1H3,(H,25,29). The number of amides is 1. The second kappa shape index (κ2) is 8.81. The highest BCUT2D eigenvalue weighted by molar-refractivity contribution is 5.97. The summed E-state index contributed by atoms with van der Waals surface area (Å²) in [5.41, 5.74) is -0.244. The van der Waals surface area contributed by atoms with Crippen molar-refractivity contribution in [2.45, 2.75) is 19.7 Å². The molecule has 0 fully saturated rings. The predicted molar refractivity (Wildman–Crippen MR) is 102 cm³/mol. The molecule has 1 amide bonds. The van der Waals surface area contributed by atoms with Crippen molar-refractivity contribution in [1.82, 2.24) is 15.1 Å². The molecule has 3 aromatic rings. The number of ether oxygens (including phenoxy) is 1. The molecular weight excluding hydrogens is 399 g/mol.